The van der Waals surface area contributed by atoms with E-state index in [0.717, 1.165) is 94.3 Å². The molecule has 0 N–H and O–H groups in total. The smallest absolute Gasteiger partial charge is 0.238 e. The molecule has 10 heteroatoms. The lowest BCUT2D eigenvalue weighted by molar-refractivity contribution is 0.953. The molecule has 0 radical (unpaired) electrons. The zero-order valence-electron chi connectivity index (χ0n) is 67.2. The number of aromatic nitrogens is 10. The molecule has 0 aliphatic heterocycles. The van der Waals surface area contributed by atoms with Gasteiger partial charge in [0.2, 0.25) is 17.8 Å². The first-order valence-electron chi connectivity index (χ1n) is 42.4. The van der Waals surface area contributed by atoms with E-state index >= 15 is 0 Å². The van der Waals surface area contributed by atoms with Crippen LogP contribution in [0.3, 0.4) is 0 Å². The molecule has 0 amide bonds. The van der Waals surface area contributed by atoms with Gasteiger partial charge in [0.25, 0.3) is 0 Å². The molecule has 125 heavy (non-hydrogen) atoms. The predicted molar refractivity (Wildman–Crippen MR) is 515 cm³/mol. The third-order valence-electron chi connectivity index (χ3n) is 25.7. The topological polar surface area (TPSA) is 105 Å². The number of hydrogen-bond donors (Lipinski definition) is 0. The van der Waals surface area contributed by atoms with Crippen molar-refractivity contribution >= 4 is 119 Å². The summed E-state index contributed by atoms with van der Waals surface area (Å²) >= 11 is 0. The number of benzene rings is 19. The van der Waals surface area contributed by atoms with Gasteiger partial charge >= 0.3 is 0 Å². The summed E-state index contributed by atoms with van der Waals surface area (Å²) in [7, 11) is 0. The zero-order chi connectivity index (χ0) is 81.9. The molecule has 6 heterocycles. The maximum atomic E-state index is 5.41. The third kappa shape index (κ3) is 10.8. The first-order chi connectivity index (χ1) is 62.0. The fourth-order valence-corrected chi connectivity index (χ4v) is 20.4. The van der Waals surface area contributed by atoms with E-state index in [4.69, 9.17) is 34.9 Å². The molecule has 10 nitrogen and oxygen atoms in total. The quantitative estimate of drug-likeness (QED) is 0.140. The van der Waals surface area contributed by atoms with Crippen molar-refractivity contribution in [2.45, 2.75) is 0 Å². The number of nitrogens with zero attached hydrogens (tertiary/aromatic N) is 10. The molecule has 0 saturated heterocycles. The number of rotatable bonds is 8. The second-order valence-electron chi connectivity index (χ2n) is 32.4. The molecular weight excluding hydrogens is 1520 g/mol. The summed E-state index contributed by atoms with van der Waals surface area (Å²) in [6, 6.07) is 146. The summed E-state index contributed by atoms with van der Waals surface area (Å²) in [5, 5.41) is 18.5. The van der Waals surface area contributed by atoms with Gasteiger partial charge in [-0.2, -0.15) is 9.97 Å². The third-order valence-corrected chi connectivity index (χ3v) is 25.7. The van der Waals surface area contributed by atoms with Gasteiger partial charge in [0.05, 0.1) is 55.7 Å². The summed E-state index contributed by atoms with van der Waals surface area (Å²) in [5.41, 5.74) is 30.5. The summed E-state index contributed by atoms with van der Waals surface area (Å²) in [6.45, 7) is 0. The van der Waals surface area contributed by atoms with E-state index in [1.165, 1.54) is 137 Å². The largest absolute Gasteiger partial charge is 0.278 e. The molecule has 19 aromatic carbocycles. The molecule has 0 fully saturated rings. The maximum Gasteiger partial charge on any atom is 0.238 e. The molecule has 3 aliphatic rings. The van der Waals surface area contributed by atoms with E-state index in [1.807, 2.05) is 72.8 Å². The Balaban J connectivity index is 0.000000100. The van der Waals surface area contributed by atoms with E-state index in [1.54, 1.807) is 0 Å². The Labute approximate surface area is 716 Å². The van der Waals surface area contributed by atoms with Gasteiger partial charge in [0.15, 0.2) is 11.6 Å². The minimum absolute atomic E-state index is 0.612. The summed E-state index contributed by atoms with van der Waals surface area (Å²) in [5.74, 6) is 3.28. The number of hydrogen-bond acceptors (Lipinski definition) is 7. The van der Waals surface area contributed by atoms with Crippen LogP contribution in [0.25, 0.3) is 261 Å². The highest BCUT2D eigenvalue weighted by Gasteiger charge is 2.31. The van der Waals surface area contributed by atoms with Crippen molar-refractivity contribution in [1.82, 2.24) is 48.6 Å². The van der Waals surface area contributed by atoms with Gasteiger partial charge in [-0.25, -0.2) is 24.9 Å². The van der Waals surface area contributed by atoms with Crippen LogP contribution in [0.4, 0.5) is 0 Å². The Morgan fingerprint density at radius 1 is 0.160 bits per heavy atom. The highest BCUT2D eigenvalue weighted by atomic mass is 15.2. The molecule has 28 rings (SSSR count). The number of fused-ring (bicyclic) bond motifs is 12. The summed E-state index contributed by atoms with van der Waals surface area (Å²) in [6.07, 6.45) is 0. The fraction of sp³-hybridized carbons (Fsp3) is 0. The first kappa shape index (κ1) is 69.9. The van der Waals surface area contributed by atoms with Crippen LogP contribution in [-0.2, 0) is 0 Å². The highest BCUT2D eigenvalue weighted by Crippen LogP contribution is 2.54. The lowest BCUT2D eigenvalue weighted by Crippen LogP contribution is -2.06. The Hall–Kier alpha value is -17.0. The Kier molecular flexibility index (Phi) is 15.6. The Morgan fingerprint density at radius 2 is 0.448 bits per heavy atom. The molecule has 6 aromatic heterocycles. The van der Waals surface area contributed by atoms with E-state index in [9.17, 15) is 0 Å². The lowest BCUT2D eigenvalue weighted by Gasteiger charge is -2.15. The van der Waals surface area contributed by atoms with Crippen LogP contribution in [0.2, 0.25) is 0 Å². The molecule has 578 valence electrons. The van der Waals surface area contributed by atoms with Crippen molar-refractivity contribution in [3.05, 3.63) is 413 Å². The van der Waals surface area contributed by atoms with Crippen molar-refractivity contribution < 1.29 is 0 Å². The van der Waals surface area contributed by atoms with Crippen LogP contribution in [0.1, 0.15) is 0 Å². The maximum absolute atomic E-state index is 5.41. The molecule has 0 bridgehead atoms. The minimum atomic E-state index is 0.612. The van der Waals surface area contributed by atoms with Gasteiger partial charge in [-0.1, -0.05) is 364 Å². The van der Waals surface area contributed by atoms with Gasteiger partial charge < -0.3 is 0 Å². The Morgan fingerprint density at radius 3 is 0.840 bits per heavy atom. The molecule has 0 spiro atoms. The zero-order valence-corrected chi connectivity index (χ0v) is 67.2. The van der Waals surface area contributed by atoms with E-state index < -0.39 is 0 Å². The Bertz CT molecular complexity index is 8390. The molecule has 3 aliphatic carbocycles. The van der Waals surface area contributed by atoms with Crippen molar-refractivity contribution in [2.24, 2.45) is 0 Å². The highest BCUT2D eigenvalue weighted by molar-refractivity contribution is 6.34. The first-order valence-corrected chi connectivity index (χ1v) is 42.4. The van der Waals surface area contributed by atoms with E-state index in [-0.39, 0.29) is 0 Å². The average Bonchev–Trinajstić information content (AvgIpc) is 1.56. The normalized spacial score (nSPS) is 12.0. The molecular formula is C115H68N10. The van der Waals surface area contributed by atoms with Crippen molar-refractivity contribution in [2.75, 3.05) is 0 Å². The SMILES string of the molecule is c1ccc(-c2cc(-c3ccccc3)nc(-n3c4cccc5c4c4c6c(cccc6ccc43)-c3ccccc3-5)n2)cc1.c1ccc(-c2nc(-c3ccccc3)nc(-n3c4cccc5c4c4c6c(cccc6ccc43)-c3ccccc3-5)n2)cc1.c1ccc(-c2nc(-n3c4cccc5c4c4c6c(cccc6ccc43)-c3ccccc3-5)nc3ccc4ccccc4c23)cc1. The van der Waals surface area contributed by atoms with Crippen molar-refractivity contribution in [3.8, 4) is 141 Å². The van der Waals surface area contributed by atoms with Crippen molar-refractivity contribution in [3.63, 3.8) is 0 Å². The van der Waals surface area contributed by atoms with Crippen LogP contribution < -0.4 is 0 Å². The van der Waals surface area contributed by atoms with Gasteiger partial charge in [0.1, 0.15) is 0 Å². The summed E-state index contributed by atoms with van der Waals surface area (Å²) in [4.78, 5) is 36.3. The lowest BCUT2D eigenvalue weighted by atomic mass is 9.93. The van der Waals surface area contributed by atoms with Crippen LogP contribution in [0, 0.1) is 0 Å². The minimum Gasteiger partial charge on any atom is -0.278 e. The molecule has 0 atom stereocenters. The average molecular weight is 1590 g/mol. The van der Waals surface area contributed by atoms with Crippen LogP contribution in [0.15, 0.2) is 413 Å². The molecule has 0 saturated carbocycles. The van der Waals surface area contributed by atoms with Gasteiger partial charge in [0, 0.05) is 65.5 Å². The van der Waals surface area contributed by atoms with Gasteiger partial charge in [-0.15, -0.1) is 0 Å². The van der Waals surface area contributed by atoms with E-state index in [0.29, 0.717) is 29.5 Å². The van der Waals surface area contributed by atoms with Gasteiger partial charge in [-0.3, -0.25) is 13.7 Å². The fourth-order valence-electron chi connectivity index (χ4n) is 20.4. The van der Waals surface area contributed by atoms with Crippen LogP contribution in [-0.4, -0.2) is 48.6 Å². The van der Waals surface area contributed by atoms with Gasteiger partial charge in [-0.05, 0) is 158 Å². The van der Waals surface area contributed by atoms with Crippen LogP contribution in [0.5, 0.6) is 0 Å². The molecule has 25 aromatic rings. The second-order valence-corrected chi connectivity index (χ2v) is 32.4. The van der Waals surface area contributed by atoms with E-state index in [2.05, 4.69) is 353 Å². The van der Waals surface area contributed by atoms with Crippen LogP contribution >= 0.6 is 0 Å². The van der Waals surface area contributed by atoms with Crippen molar-refractivity contribution in [1.29, 1.82) is 0 Å². The second kappa shape index (κ2) is 27.8. The standard InChI is InChI=1S/C40H23N3.C38H23N3.C37H22N4/c1-2-11-26(12-3-1)39-36-27-14-5-4-10-24(27)20-22-32(36)41-40(42-39)43-33-19-9-18-31-29-16-7-6-15-28(29)30-17-8-13-25-21-23-34(43)38(35(25)30)37(31)33;1-3-11-24(12-4-1)31-23-32(25-13-5-2-6-14-25)40-38(39-31)41-33-20-10-19-30-28-17-8-7-16-27(28)29-18-9-15-26-21-22-34(41)37(35(26)29)36(30)33;1-3-11-24(12-4-1)35-38-36(25-13-5-2-6-14-25)40-37(39-35)41-30-20-10-19-29-27-17-8-7-16-26(27)28-18-9-15-23-21-22-31(41)34(32(23)28)33(29)30/h1-23H;1-23H;1-22H. The monoisotopic (exact) mass is 1590 g/mol. The summed E-state index contributed by atoms with van der Waals surface area (Å²) < 4.78 is 6.76. The predicted octanol–water partition coefficient (Wildman–Crippen LogP) is 29.2. The molecule has 0 unspecified atom stereocenters.